The molecule has 1 aliphatic rings. The number of primary amides is 1. The smallest absolute Gasteiger partial charge is 0.306 e. The largest absolute Gasteiger partial charge is 0.461 e. The molecular formula is C31H40N6O10. The number of nitrogens with zero attached hydrogens (tertiary/aromatic N) is 3. The number of azide groups is 1. The molecule has 0 radical (unpaired) electrons. The molecule has 0 saturated carbocycles. The average molecular weight is 657 g/mol. The quantitative estimate of drug-likeness (QED) is 0.0691. The Bertz CT molecular complexity index is 1380. The van der Waals surface area contributed by atoms with E-state index in [2.05, 4.69) is 20.7 Å². The Morgan fingerprint density at radius 2 is 1.62 bits per heavy atom. The highest BCUT2D eigenvalue weighted by molar-refractivity contribution is 5.92. The van der Waals surface area contributed by atoms with Gasteiger partial charge >= 0.3 is 5.97 Å². The number of rotatable bonds is 17. The van der Waals surface area contributed by atoms with Gasteiger partial charge in [-0.3, -0.25) is 19.2 Å². The number of benzene rings is 2. The highest BCUT2D eigenvalue weighted by Gasteiger charge is 2.47. The van der Waals surface area contributed by atoms with Crippen LogP contribution in [0.25, 0.3) is 10.4 Å². The van der Waals surface area contributed by atoms with E-state index in [4.69, 9.17) is 24.7 Å². The lowest BCUT2D eigenvalue weighted by Gasteiger charge is -2.43. The summed E-state index contributed by atoms with van der Waals surface area (Å²) in [7, 11) is 0. The number of hydrogen-bond donors (Lipinski definition) is 5. The molecule has 16 nitrogen and oxygen atoms in total. The maximum atomic E-state index is 13.0. The van der Waals surface area contributed by atoms with Crippen molar-refractivity contribution in [3.05, 3.63) is 82.2 Å². The van der Waals surface area contributed by atoms with Crippen molar-refractivity contribution in [2.75, 3.05) is 6.61 Å². The summed E-state index contributed by atoms with van der Waals surface area (Å²) in [5, 5.41) is 29.2. The normalized spacial score (nSPS) is 22.5. The molecule has 6 N–H and O–H groups in total. The fourth-order valence-electron chi connectivity index (χ4n) is 4.63. The Morgan fingerprint density at radius 1 is 1.00 bits per heavy atom. The summed E-state index contributed by atoms with van der Waals surface area (Å²) in [6.07, 6.45) is -6.92. The number of ether oxygens (including phenoxy) is 4. The SMILES string of the molecule is C[C@H](NC(=O)[C@@H](C)O[C@@H]1C(N=[N+]=[N-])[C@@H](OCc2ccccc2)O[C@H](CO)[C@H]1O)C(=O)N[C@H](CCC(=O)OCc1ccccc1)C(N)=O. The van der Waals surface area contributed by atoms with Gasteiger partial charge in [-0.25, -0.2) is 0 Å². The lowest BCUT2D eigenvalue weighted by molar-refractivity contribution is -0.279. The molecule has 1 unspecified atom stereocenters. The summed E-state index contributed by atoms with van der Waals surface area (Å²) in [6, 6.07) is 14.4. The zero-order chi connectivity index (χ0) is 34.3. The van der Waals surface area contributed by atoms with Crippen molar-refractivity contribution >= 4 is 23.7 Å². The number of amides is 3. The van der Waals surface area contributed by atoms with Crippen LogP contribution in [0.4, 0.5) is 0 Å². The Hall–Kier alpha value is -4.57. The minimum Gasteiger partial charge on any atom is -0.461 e. The van der Waals surface area contributed by atoms with E-state index in [0.29, 0.717) is 0 Å². The van der Waals surface area contributed by atoms with Gasteiger partial charge in [-0.2, -0.15) is 0 Å². The molecule has 2 aromatic rings. The highest BCUT2D eigenvalue weighted by atomic mass is 16.7. The van der Waals surface area contributed by atoms with Crippen LogP contribution in [-0.4, -0.2) is 89.3 Å². The molecule has 16 heteroatoms. The van der Waals surface area contributed by atoms with Crippen LogP contribution in [0.1, 0.15) is 37.8 Å². The lowest BCUT2D eigenvalue weighted by atomic mass is 9.97. The molecule has 0 aromatic heterocycles. The zero-order valence-corrected chi connectivity index (χ0v) is 26.0. The Morgan fingerprint density at radius 3 is 2.19 bits per heavy atom. The van der Waals surface area contributed by atoms with Gasteiger partial charge in [0.05, 0.1) is 13.2 Å². The Balaban J connectivity index is 1.56. The predicted molar refractivity (Wildman–Crippen MR) is 164 cm³/mol. The zero-order valence-electron chi connectivity index (χ0n) is 26.0. The van der Waals surface area contributed by atoms with Gasteiger partial charge in [0.1, 0.15) is 49.1 Å². The van der Waals surface area contributed by atoms with Crippen molar-refractivity contribution in [3.8, 4) is 0 Å². The van der Waals surface area contributed by atoms with Crippen molar-refractivity contribution in [2.45, 2.75) is 88.7 Å². The van der Waals surface area contributed by atoms with Crippen LogP contribution in [0.3, 0.4) is 0 Å². The van der Waals surface area contributed by atoms with Crippen molar-refractivity contribution in [1.82, 2.24) is 10.6 Å². The monoisotopic (exact) mass is 656 g/mol. The van der Waals surface area contributed by atoms with Crippen molar-refractivity contribution < 1.29 is 48.3 Å². The molecule has 0 bridgehead atoms. The van der Waals surface area contributed by atoms with Crippen LogP contribution in [0.5, 0.6) is 0 Å². The van der Waals surface area contributed by atoms with Gasteiger partial charge < -0.3 is 45.5 Å². The molecule has 254 valence electrons. The van der Waals surface area contributed by atoms with Gasteiger partial charge in [0.25, 0.3) is 0 Å². The van der Waals surface area contributed by atoms with Gasteiger partial charge in [-0.15, -0.1) is 0 Å². The molecule has 0 spiro atoms. The number of carbonyl (C=O) groups is 4. The van der Waals surface area contributed by atoms with Crippen LogP contribution >= 0.6 is 0 Å². The molecule has 1 heterocycles. The number of nitrogens with one attached hydrogen (secondary N) is 2. The maximum Gasteiger partial charge on any atom is 0.306 e. The number of aliphatic hydroxyl groups is 2. The first-order valence-corrected chi connectivity index (χ1v) is 14.9. The summed E-state index contributed by atoms with van der Waals surface area (Å²) in [5.41, 5.74) is 16.2. The fraction of sp³-hybridized carbons (Fsp3) is 0.484. The van der Waals surface area contributed by atoms with Crippen molar-refractivity contribution in [1.29, 1.82) is 0 Å². The highest BCUT2D eigenvalue weighted by Crippen LogP contribution is 2.28. The summed E-state index contributed by atoms with van der Waals surface area (Å²) in [4.78, 5) is 52.8. The minimum absolute atomic E-state index is 0.0487. The first kappa shape index (κ1) is 36.9. The van der Waals surface area contributed by atoms with Crippen molar-refractivity contribution in [3.63, 3.8) is 0 Å². The van der Waals surface area contributed by atoms with Gasteiger partial charge in [0.15, 0.2) is 6.29 Å². The van der Waals surface area contributed by atoms with Gasteiger partial charge in [0, 0.05) is 11.3 Å². The molecule has 0 aliphatic carbocycles. The number of esters is 1. The van der Waals surface area contributed by atoms with Gasteiger partial charge in [-0.1, -0.05) is 65.8 Å². The van der Waals surface area contributed by atoms with E-state index < -0.39 is 79.1 Å². The van der Waals surface area contributed by atoms with Gasteiger partial charge in [0.2, 0.25) is 17.7 Å². The standard InChI is InChI=1S/C31H40N6O10/c1-18(29(42)35-22(28(32)41)13-14-24(39)44-16-20-9-5-3-6-10-20)34-30(43)19(2)46-27-25(36-37-33)31(47-23(15-38)26(27)40)45-17-21-11-7-4-8-12-21/h3-12,18-19,22-23,25-27,31,38,40H,13-17H2,1-2H3,(H2,32,41)(H,34,43)(H,35,42)/t18-,19+,22+,23+,25?,26+,27+,31-/m0/s1. The molecule has 2 aromatic carbocycles. The summed E-state index contributed by atoms with van der Waals surface area (Å²) >= 11 is 0. The van der Waals surface area contributed by atoms with E-state index in [9.17, 15) is 34.9 Å². The van der Waals surface area contributed by atoms with E-state index in [0.717, 1.165) is 11.1 Å². The molecule has 47 heavy (non-hydrogen) atoms. The van der Waals surface area contributed by atoms with Gasteiger partial charge in [-0.05, 0) is 36.9 Å². The molecule has 3 rings (SSSR count). The number of aliphatic hydroxyl groups excluding tert-OH is 2. The van der Waals surface area contributed by atoms with E-state index in [1.54, 1.807) is 48.5 Å². The summed E-state index contributed by atoms with van der Waals surface area (Å²) in [5.74, 6) is -3.02. The molecule has 1 saturated heterocycles. The van der Waals surface area contributed by atoms with Crippen LogP contribution < -0.4 is 16.4 Å². The third-order valence-corrected chi connectivity index (χ3v) is 7.29. The van der Waals surface area contributed by atoms with Crippen LogP contribution in [-0.2, 0) is 51.3 Å². The van der Waals surface area contributed by atoms with Crippen LogP contribution in [0.15, 0.2) is 65.8 Å². The molecule has 1 fully saturated rings. The second-order valence-electron chi connectivity index (χ2n) is 10.8. The lowest BCUT2D eigenvalue weighted by Crippen LogP contribution is -2.61. The molecule has 3 amide bonds. The van der Waals surface area contributed by atoms with Crippen LogP contribution in [0, 0.1) is 0 Å². The van der Waals surface area contributed by atoms with Crippen LogP contribution in [0.2, 0.25) is 0 Å². The Labute approximate surface area is 271 Å². The number of nitrogens with two attached hydrogens (primary N) is 1. The first-order chi connectivity index (χ1) is 22.5. The fourth-order valence-corrected chi connectivity index (χ4v) is 4.63. The average Bonchev–Trinajstić information content (AvgIpc) is 3.07. The number of hydrogen-bond acceptors (Lipinski definition) is 11. The second kappa shape index (κ2) is 18.5. The predicted octanol–water partition coefficient (Wildman–Crippen LogP) is 0.732. The number of carbonyl (C=O) groups excluding carboxylic acids is 4. The molecule has 8 atom stereocenters. The van der Waals surface area contributed by atoms with E-state index in [-0.39, 0.29) is 26.1 Å². The summed E-state index contributed by atoms with van der Waals surface area (Å²) < 4.78 is 22.4. The third kappa shape index (κ3) is 11.3. The van der Waals surface area contributed by atoms with E-state index in [1.807, 2.05) is 12.1 Å². The van der Waals surface area contributed by atoms with E-state index >= 15 is 0 Å². The molecular weight excluding hydrogens is 616 g/mol. The Kier molecular flexibility index (Phi) is 14.6. The summed E-state index contributed by atoms with van der Waals surface area (Å²) in [6.45, 7) is 2.17. The van der Waals surface area contributed by atoms with Crippen molar-refractivity contribution in [2.24, 2.45) is 10.8 Å². The maximum absolute atomic E-state index is 13.0. The van der Waals surface area contributed by atoms with E-state index in [1.165, 1.54) is 13.8 Å². The molecule has 1 aliphatic heterocycles. The second-order valence-corrected chi connectivity index (χ2v) is 10.8. The third-order valence-electron chi connectivity index (χ3n) is 7.29. The topological polar surface area (TPSA) is 244 Å². The first-order valence-electron chi connectivity index (χ1n) is 14.9. The minimum atomic E-state index is -1.52.